The van der Waals surface area contributed by atoms with Crippen molar-refractivity contribution in [3.8, 4) is 0 Å². The number of hydrogen-bond acceptors (Lipinski definition) is 2. The third-order valence-electron chi connectivity index (χ3n) is 2.76. The molecule has 1 aliphatic rings. The van der Waals surface area contributed by atoms with Crippen molar-refractivity contribution in [2.45, 2.75) is 39.2 Å². The molecule has 12 heavy (non-hydrogen) atoms. The Morgan fingerprint density at radius 2 is 2.25 bits per heavy atom. The monoisotopic (exact) mass is 170 g/mol. The van der Waals surface area contributed by atoms with E-state index in [-0.39, 0.29) is 0 Å². The minimum Gasteiger partial charge on any atom is -0.329 e. The standard InChI is InChI=1S/C10H22N2/c1-9(2)5-7-12-6-3-4-10(12)8-11/h9-10H,3-8,11H2,1-2H3/t10-/m0/s1. The Kier molecular flexibility index (Phi) is 4.02. The Labute approximate surface area is 76.1 Å². The summed E-state index contributed by atoms with van der Waals surface area (Å²) in [5.41, 5.74) is 5.69. The van der Waals surface area contributed by atoms with E-state index in [1.165, 1.54) is 32.4 Å². The fraction of sp³-hybridized carbons (Fsp3) is 1.00. The molecule has 0 spiro atoms. The van der Waals surface area contributed by atoms with Crippen LogP contribution in [0.2, 0.25) is 0 Å². The van der Waals surface area contributed by atoms with Gasteiger partial charge < -0.3 is 5.73 Å². The quantitative estimate of drug-likeness (QED) is 0.692. The Hall–Kier alpha value is -0.0800. The molecule has 2 N–H and O–H groups in total. The lowest BCUT2D eigenvalue weighted by Crippen LogP contribution is -2.36. The van der Waals surface area contributed by atoms with Crippen molar-refractivity contribution in [3.63, 3.8) is 0 Å². The molecule has 72 valence electrons. The SMILES string of the molecule is CC(C)CCN1CCC[C@H]1CN. The van der Waals surface area contributed by atoms with Gasteiger partial charge in [0.05, 0.1) is 0 Å². The highest BCUT2D eigenvalue weighted by Gasteiger charge is 2.22. The first kappa shape index (κ1) is 10.0. The van der Waals surface area contributed by atoms with Crippen molar-refractivity contribution in [2.24, 2.45) is 11.7 Å². The third-order valence-corrected chi connectivity index (χ3v) is 2.76. The van der Waals surface area contributed by atoms with Gasteiger partial charge in [-0.3, -0.25) is 4.90 Å². The summed E-state index contributed by atoms with van der Waals surface area (Å²) in [7, 11) is 0. The number of rotatable bonds is 4. The molecule has 0 aromatic heterocycles. The molecule has 2 heteroatoms. The number of nitrogens with two attached hydrogens (primary N) is 1. The van der Waals surface area contributed by atoms with Crippen LogP contribution in [0.4, 0.5) is 0 Å². The normalized spacial score (nSPS) is 25.5. The number of likely N-dealkylation sites (tertiary alicyclic amines) is 1. The van der Waals surface area contributed by atoms with Gasteiger partial charge in [-0.2, -0.15) is 0 Å². The molecule has 1 fully saturated rings. The summed E-state index contributed by atoms with van der Waals surface area (Å²) in [6.07, 6.45) is 3.98. The molecule has 1 heterocycles. The fourth-order valence-corrected chi connectivity index (χ4v) is 1.88. The van der Waals surface area contributed by atoms with E-state index >= 15 is 0 Å². The summed E-state index contributed by atoms with van der Waals surface area (Å²) in [6, 6.07) is 0.684. The van der Waals surface area contributed by atoms with Crippen molar-refractivity contribution in [1.29, 1.82) is 0 Å². The van der Waals surface area contributed by atoms with Crippen molar-refractivity contribution in [3.05, 3.63) is 0 Å². The molecule has 0 amide bonds. The highest BCUT2D eigenvalue weighted by atomic mass is 15.2. The second-order valence-electron chi connectivity index (χ2n) is 4.25. The van der Waals surface area contributed by atoms with Gasteiger partial charge in [-0.05, 0) is 38.3 Å². The van der Waals surface area contributed by atoms with Gasteiger partial charge in [0.1, 0.15) is 0 Å². The van der Waals surface area contributed by atoms with E-state index in [1.54, 1.807) is 0 Å². The zero-order valence-electron chi connectivity index (χ0n) is 8.42. The second-order valence-corrected chi connectivity index (χ2v) is 4.25. The van der Waals surface area contributed by atoms with Gasteiger partial charge in [-0.15, -0.1) is 0 Å². The maximum Gasteiger partial charge on any atom is 0.0218 e. The van der Waals surface area contributed by atoms with Crippen molar-refractivity contribution in [2.75, 3.05) is 19.6 Å². The topological polar surface area (TPSA) is 29.3 Å². The van der Waals surface area contributed by atoms with Crippen LogP contribution in [0.1, 0.15) is 33.1 Å². The third kappa shape index (κ3) is 2.76. The molecule has 0 bridgehead atoms. The zero-order chi connectivity index (χ0) is 8.97. The maximum absolute atomic E-state index is 5.69. The molecule has 0 saturated carbocycles. The average Bonchev–Trinajstić information content (AvgIpc) is 2.47. The average molecular weight is 170 g/mol. The molecule has 0 unspecified atom stereocenters. The maximum atomic E-state index is 5.69. The Bertz CT molecular complexity index is 123. The molecule has 2 nitrogen and oxygen atoms in total. The number of hydrogen-bond donors (Lipinski definition) is 1. The fourth-order valence-electron chi connectivity index (χ4n) is 1.88. The van der Waals surface area contributed by atoms with Crippen molar-refractivity contribution in [1.82, 2.24) is 4.90 Å². The van der Waals surface area contributed by atoms with Crippen LogP contribution in [-0.4, -0.2) is 30.6 Å². The second kappa shape index (κ2) is 4.83. The molecular formula is C10H22N2. The largest absolute Gasteiger partial charge is 0.329 e. The van der Waals surface area contributed by atoms with Gasteiger partial charge in [0.25, 0.3) is 0 Å². The van der Waals surface area contributed by atoms with Crippen LogP contribution in [-0.2, 0) is 0 Å². The van der Waals surface area contributed by atoms with Gasteiger partial charge in [-0.1, -0.05) is 13.8 Å². The van der Waals surface area contributed by atoms with Gasteiger partial charge in [0, 0.05) is 12.6 Å². The molecule has 1 atom stereocenters. The molecule has 0 aliphatic carbocycles. The lowest BCUT2D eigenvalue weighted by molar-refractivity contribution is 0.244. The minimum atomic E-state index is 0.684. The molecule has 0 aromatic rings. The van der Waals surface area contributed by atoms with Gasteiger partial charge in [0.2, 0.25) is 0 Å². The van der Waals surface area contributed by atoms with Crippen LogP contribution in [0.3, 0.4) is 0 Å². The Balaban J connectivity index is 2.21. The minimum absolute atomic E-state index is 0.684. The molecule has 0 radical (unpaired) electrons. The van der Waals surface area contributed by atoms with Gasteiger partial charge in [0.15, 0.2) is 0 Å². The molecule has 0 aromatic carbocycles. The lowest BCUT2D eigenvalue weighted by Gasteiger charge is -2.23. The summed E-state index contributed by atoms with van der Waals surface area (Å²) in [6.45, 7) is 7.94. The lowest BCUT2D eigenvalue weighted by atomic mass is 10.1. The summed E-state index contributed by atoms with van der Waals surface area (Å²) in [4.78, 5) is 2.56. The van der Waals surface area contributed by atoms with Crippen molar-refractivity contribution < 1.29 is 0 Å². The Morgan fingerprint density at radius 1 is 1.50 bits per heavy atom. The summed E-state index contributed by atoms with van der Waals surface area (Å²) >= 11 is 0. The summed E-state index contributed by atoms with van der Waals surface area (Å²) in [5.74, 6) is 0.823. The van der Waals surface area contributed by atoms with Crippen molar-refractivity contribution >= 4 is 0 Å². The highest BCUT2D eigenvalue weighted by molar-refractivity contribution is 4.79. The molecular weight excluding hydrogens is 148 g/mol. The zero-order valence-corrected chi connectivity index (χ0v) is 8.42. The highest BCUT2D eigenvalue weighted by Crippen LogP contribution is 2.17. The molecule has 1 saturated heterocycles. The van der Waals surface area contributed by atoms with Crippen LogP contribution >= 0.6 is 0 Å². The van der Waals surface area contributed by atoms with Crippen LogP contribution in [0.15, 0.2) is 0 Å². The smallest absolute Gasteiger partial charge is 0.0218 e. The van der Waals surface area contributed by atoms with Crippen LogP contribution < -0.4 is 5.73 Å². The van der Waals surface area contributed by atoms with E-state index in [0.717, 1.165) is 12.5 Å². The van der Waals surface area contributed by atoms with Crippen LogP contribution in [0.5, 0.6) is 0 Å². The van der Waals surface area contributed by atoms with E-state index in [9.17, 15) is 0 Å². The van der Waals surface area contributed by atoms with Crippen LogP contribution in [0.25, 0.3) is 0 Å². The Morgan fingerprint density at radius 3 is 2.83 bits per heavy atom. The first-order valence-electron chi connectivity index (χ1n) is 5.18. The van der Waals surface area contributed by atoms with E-state index in [4.69, 9.17) is 5.73 Å². The van der Waals surface area contributed by atoms with E-state index in [1.807, 2.05) is 0 Å². The summed E-state index contributed by atoms with van der Waals surface area (Å²) < 4.78 is 0. The predicted octanol–water partition coefficient (Wildman–Crippen LogP) is 1.46. The first-order chi connectivity index (χ1) is 5.74. The summed E-state index contributed by atoms with van der Waals surface area (Å²) in [5, 5.41) is 0. The van der Waals surface area contributed by atoms with Gasteiger partial charge in [-0.25, -0.2) is 0 Å². The van der Waals surface area contributed by atoms with E-state index in [2.05, 4.69) is 18.7 Å². The predicted molar refractivity (Wildman–Crippen MR) is 53.1 cm³/mol. The first-order valence-corrected chi connectivity index (χ1v) is 5.18. The molecule has 1 rings (SSSR count). The van der Waals surface area contributed by atoms with Crippen LogP contribution in [0, 0.1) is 5.92 Å². The molecule has 1 aliphatic heterocycles. The van der Waals surface area contributed by atoms with E-state index < -0.39 is 0 Å². The number of nitrogens with zero attached hydrogens (tertiary/aromatic N) is 1. The van der Waals surface area contributed by atoms with E-state index in [0.29, 0.717) is 6.04 Å². The van der Waals surface area contributed by atoms with Gasteiger partial charge >= 0.3 is 0 Å².